The van der Waals surface area contributed by atoms with Gasteiger partial charge in [0.2, 0.25) is 17.0 Å². The van der Waals surface area contributed by atoms with Crippen molar-refractivity contribution in [2.75, 3.05) is 12.3 Å². The number of nitrogens with one attached hydrogen (secondary N) is 2. The van der Waals surface area contributed by atoms with Crippen molar-refractivity contribution >= 4 is 23.6 Å². The van der Waals surface area contributed by atoms with Crippen molar-refractivity contribution in [3.8, 4) is 5.69 Å². The summed E-state index contributed by atoms with van der Waals surface area (Å²) >= 11 is 1.22. The molecule has 2 rings (SSSR count). The molecule has 0 saturated heterocycles. The van der Waals surface area contributed by atoms with E-state index in [9.17, 15) is 9.59 Å². The van der Waals surface area contributed by atoms with Gasteiger partial charge in [0, 0.05) is 6.54 Å². The molecule has 0 saturated carbocycles. The first kappa shape index (κ1) is 19.9. The normalized spacial score (nSPS) is 12.0. The Balaban J connectivity index is 1.96. The Morgan fingerprint density at radius 3 is 2.50 bits per heavy atom. The van der Waals surface area contributed by atoms with Crippen molar-refractivity contribution < 1.29 is 9.59 Å². The van der Waals surface area contributed by atoms with Gasteiger partial charge in [-0.3, -0.25) is 9.59 Å². The van der Waals surface area contributed by atoms with Crippen molar-refractivity contribution in [3.05, 3.63) is 29.8 Å². The first-order valence-corrected chi connectivity index (χ1v) is 9.49. The average molecular weight is 376 g/mol. The van der Waals surface area contributed by atoms with Crippen molar-refractivity contribution in [1.82, 2.24) is 30.8 Å². The lowest BCUT2D eigenvalue weighted by Crippen LogP contribution is -2.45. The van der Waals surface area contributed by atoms with Crippen molar-refractivity contribution in [3.63, 3.8) is 0 Å². The molecule has 1 aromatic heterocycles. The molecule has 1 atom stereocenters. The first-order valence-electron chi connectivity index (χ1n) is 8.51. The zero-order chi connectivity index (χ0) is 19.1. The van der Waals surface area contributed by atoms with Gasteiger partial charge in [0.05, 0.1) is 11.4 Å². The average Bonchev–Trinajstić information content (AvgIpc) is 3.08. The van der Waals surface area contributed by atoms with Gasteiger partial charge in [-0.05, 0) is 47.9 Å². The maximum Gasteiger partial charge on any atom is 0.242 e. The maximum atomic E-state index is 12.0. The van der Waals surface area contributed by atoms with Gasteiger partial charge in [-0.15, -0.1) is 5.10 Å². The molecule has 26 heavy (non-hydrogen) atoms. The van der Waals surface area contributed by atoms with E-state index in [0.717, 1.165) is 5.69 Å². The van der Waals surface area contributed by atoms with Crippen LogP contribution < -0.4 is 10.6 Å². The number of aromatic nitrogens is 4. The fourth-order valence-corrected chi connectivity index (χ4v) is 2.94. The molecule has 0 aliphatic carbocycles. The monoisotopic (exact) mass is 376 g/mol. The van der Waals surface area contributed by atoms with Crippen LogP contribution in [-0.4, -0.2) is 50.4 Å². The Bertz CT molecular complexity index is 744. The third-order valence-corrected chi connectivity index (χ3v) is 4.62. The number of carbonyl (C=O) groups excluding carboxylic acids is 2. The highest BCUT2D eigenvalue weighted by molar-refractivity contribution is 7.99. The van der Waals surface area contributed by atoms with Gasteiger partial charge in [0.1, 0.15) is 6.04 Å². The number of hydrogen-bond acceptors (Lipinski definition) is 6. The molecule has 2 N–H and O–H groups in total. The van der Waals surface area contributed by atoms with Crippen LogP contribution in [0.15, 0.2) is 29.4 Å². The summed E-state index contributed by atoms with van der Waals surface area (Å²) in [4.78, 5) is 23.7. The van der Waals surface area contributed by atoms with E-state index >= 15 is 0 Å². The van der Waals surface area contributed by atoms with E-state index < -0.39 is 6.04 Å². The molecule has 1 heterocycles. The number of benzene rings is 1. The van der Waals surface area contributed by atoms with Gasteiger partial charge in [0.25, 0.3) is 0 Å². The molecule has 2 aromatic rings. The Hall–Kier alpha value is -2.42. The molecule has 0 radical (unpaired) electrons. The Kier molecular flexibility index (Phi) is 7.14. The molecule has 8 nitrogen and oxygen atoms in total. The number of nitrogens with zero attached hydrogens (tertiary/aromatic N) is 4. The van der Waals surface area contributed by atoms with Gasteiger partial charge < -0.3 is 10.6 Å². The minimum absolute atomic E-state index is 0.119. The number of hydrogen-bond donors (Lipinski definition) is 2. The second kappa shape index (κ2) is 9.33. The molecule has 140 valence electrons. The van der Waals surface area contributed by atoms with Gasteiger partial charge in [-0.25, -0.2) is 0 Å². The van der Waals surface area contributed by atoms with Gasteiger partial charge in [-0.1, -0.05) is 37.7 Å². The number of carbonyl (C=O) groups is 2. The predicted octanol–water partition coefficient (Wildman–Crippen LogP) is 1.52. The highest BCUT2D eigenvalue weighted by atomic mass is 32.2. The van der Waals surface area contributed by atoms with Gasteiger partial charge in [-0.2, -0.15) is 4.68 Å². The minimum atomic E-state index is -0.581. The fourth-order valence-electron chi connectivity index (χ4n) is 2.24. The highest BCUT2D eigenvalue weighted by Gasteiger charge is 2.16. The molecule has 0 aliphatic heterocycles. The second-order valence-electron chi connectivity index (χ2n) is 6.09. The van der Waals surface area contributed by atoms with E-state index in [1.54, 1.807) is 11.6 Å². The number of likely N-dealkylation sites (N-methyl/N-ethyl adjacent to an activating group) is 1. The standard InChI is InChI=1S/C17H24N6O2S/c1-5-18-16(25)12(4)19-15(24)10-26-17-20-21-22-23(17)14-8-6-13(7-9-14)11(2)3/h6-9,11-12H,5,10H2,1-4H3,(H,18,25)(H,19,24)/t12-/m1/s1. The second-order valence-corrected chi connectivity index (χ2v) is 7.03. The fraction of sp³-hybridized carbons (Fsp3) is 0.471. The topological polar surface area (TPSA) is 102 Å². The lowest BCUT2D eigenvalue weighted by Gasteiger charge is -2.13. The third kappa shape index (κ3) is 5.29. The summed E-state index contributed by atoms with van der Waals surface area (Å²) in [6.07, 6.45) is 0. The largest absolute Gasteiger partial charge is 0.355 e. The van der Waals surface area contributed by atoms with E-state index in [0.29, 0.717) is 17.6 Å². The van der Waals surface area contributed by atoms with E-state index in [1.165, 1.54) is 17.3 Å². The summed E-state index contributed by atoms with van der Waals surface area (Å²) in [6.45, 7) is 8.27. The lowest BCUT2D eigenvalue weighted by molar-refractivity contribution is -0.127. The van der Waals surface area contributed by atoms with Crippen molar-refractivity contribution in [2.45, 2.75) is 44.8 Å². The Labute approximate surface area is 157 Å². The predicted molar refractivity (Wildman–Crippen MR) is 100 cm³/mol. The Morgan fingerprint density at radius 1 is 1.19 bits per heavy atom. The summed E-state index contributed by atoms with van der Waals surface area (Å²) in [7, 11) is 0. The number of tetrazole rings is 1. The molecule has 0 aliphatic rings. The molecular formula is C17H24N6O2S. The maximum absolute atomic E-state index is 12.0. The molecule has 9 heteroatoms. The molecule has 0 spiro atoms. The van der Waals surface area contributed by atoms with Crippen LogP contribution in [0.25, 0.3) is 5.69 Å². The first-order chi connectivity index (χ1) is 12.4. The van der Waals surface area contributed by atoms with Crippen LogP contribution in [0.5, 0.6) is 0 Å². The summed E-state index contributed by atoms with van der Waals surface area (Å²) in [5, 5.41) is 17.5. The SMILES string of the molecule is CCNC(=O)[C@@H](C)NC(=O)CSc1nnnn1-c1ccc(C(C)C)cc1. The lowest BCUT2D eigenvalue weighted by atomic mass is 10.0. The highest BCUT2D eigenvalue weighted by Crippen LogP contribution is 2.20. The van der Waals surface area contributed by atoms with E-state index in [2.05, 4.69) is 40.0 Å². The van der Waals surface area contributed by atoms with Crippen LogP contribution in [-0.2, 0) is 9.59 Å². The van der Waals surface area contributed by atoms with Crippen LogP contribution in [0, 0.1) is 0 Å². The van der Waals surface area contributed by atoms with Crippen LogP contribution >= 0.6 is 11.8 Å². The molecular weight excluding hydrogens is 352 g/mol. The quantitative estimate of drug-likeness (QED) is 0.677. The van der Waals surface area contributed by atoms with E-state index in [4.69, 9.17) is 0 Å². The smallest absolute Gasteiger partial charge is 0.242 e. The number of thioether (sulfide) groups is 1. The van der Waals surface area contributed by atoms with E-state index in [1.807, 2.05) is 31.2 Å². The van der Waals surface area contributed by atoms with Gasteiger partial charge in [0.15, 0.2) is 0 Å². The third-order valence-electron chi connectivity index (χ3n) is 3.70. The van der Waals surface area contributed by atoms with Crippen LogP contribution in [0.1, 0.15) is 39.2 Å². The molecule has 0 fully saturated rings. The zero-order valence-corrected chi connectivity index (χ0v) is 16.2. The van der Waals surface area contributed by atoms with Crippen LogP contribution in [0.2, 0.25) is 0 Å². The summed E-state index contributed by atoms with van der Waals surface area (Å²) in [6, 6.07) is 7.40. The molecule has 0 unspecified atom stereocenters. The van der Waals surface area contributed by atoms with Crippen molar-refractivity contribution in [2.24, 2.45) is 0 Å². The molecule has 0 bridgehead atoms. The number of amides is 2. The van der Waals surface area contributed by atoms with Crippen LogP contribution in [0.3, 0.4) is 0 Å². The molecule has 1 aromatic carbocycles. The van der Waals surface area contributed by atoms with Crippen LogP contribution in [0.4, 0.5) is 0 Å². The number of rotatable bonds is 8. The van der Waals surface area contributed by atoms with E-state index in [-0.39, 0.29) is 17.6 Å². The van der Waals surface area contributed by atoms with Crippen molar-refractivity contribution in [1.29, 1.82) is 0 Å². The zero-order valence-electron chi connectivity index (χ0n) is 15.4. The summed E-state index contributed by atoms with van der Waals surface area (Å²) in [5.41, 5.74) is 2.06. The summed E-state index contributed by atoms with van der Waals surface area (Å²) in [5.74, 6) is 0.107. The molecule has 2 amide bonds. The summed E-state index contributed by atoms with van der Waals surface area (Å²) < 4.78 is 1.59. The minimum Gasteiger partial charge on any atom is -0.355 e. The van der Waals surface area contributed by atoms with Gasteiger partial charge >= 0.3 is 0 Å². The Morgan fingerprint density at radius 2 is 1.88 bits per heavy atom.